The van der Waals surface area contributed by atoms with Crippen LogP contribution >= 0.6 is 0 Å². The molecule has 180 valence electrons. The number of aromatic nitrogens is 1. The number of carbonyl (C=O) groups is 3. The van der Waals surface area contributed by atoms with Crippen LogP contribution in [0, 0.1) is 12.8 Å². The Morgan fingerprint density at radius 2 is 1.74 bits per heavy atom. The van der Waals surface area contributed by atoms with Crippen LogP contribution in [-0.4, -0.2) is 83.4 Å². The van der Waals surface area contributed by atoms with Crippen molar-refractivity contribution in [2.75, 3.05) is 51.1 Å². The van der Waals surface area contributed by atoms with Gasteiger partial charge in [-0.15, -0.1) is 0 Å². The Kier molecular flexibility index (Phi) is 7.74. The maximum absolute atomic E-state index is 13.0. The van der Waals surface area contributed by atoms with E-state index in [4.69, 9.17) is 4.52 Å². The molecule has 0 saturated carbocycles. The molecule has 2 saturated heterocycles. The summed E-state index contributed by atoms with van der Waals surface area (Å²) in [6.45, 7) is 5.72. The normalized spacial score (nSPS) is 17.8. The predicted molar refractivity (Wildman–Crippen MR) is 128 cm³/mol. The summed E-state index contributed by atoms with van der Waals surface area (Å²) < 4.78 is 4.96. The molecular weight excluding hydrogens is 434 g/mol. The minimum atomic E-state index is -0.147. The minimum Gasteiger partial charge on any atom is -0.360 e. The first-order chi connectivity index (χ1) is 16.5. The number of carbonyl (C=O) groups excluding carboxylic acids is 3. The highest BCUT2D eigenvalue weighted by Gasteiger charge is 2.31. The van der Waals surface area contributed by atoms with E-state index < -0.39 is 0 Å². The van der Waals surface area contributed by atoms with Gasteiger partial charge >= 0.3 is 0 Å². The standard InChI is InChI=1S/C25H31N5O4/c1-19-17-22(27-34-19)26-23(31)18-28-13-15-30(16-14-28)25(33)21-9-11-29(12-10-21)24(32)8-7-20-5-3-2-4-6-20/h2-8,17,21H,9-16,18H2,1H3,(H,26,27,31)/b8-7+. The molecule has 4 rings (SSSR count). The fourth-order valence-electron chi connectivity index (χ4n) is 4.38. The van der Waals surface area contributed by atoms with Crippen molar-refractivity contribution >= 4 is 29.6 Å². The summed E-state index contributed by atoms with van der Waals surface area (Å²) in [7, 11) is 0. The van der Waals surface area contributed by atoms with E-state index in [-0.39, 0.29) is 30.2 Å². The van der Waals surface area contributed by atoms with Crippen molar-refractivity contribution in [2.24, 2.45) is 5.92 Å². The Bertz CT molecular complexity index is 1020. The number of hydrogen-bond donors (Lipinski definition) is 1. The first-order valence-corrected chi connectivity index (χ1v) is 11.7. The average molecular weight is 466 g/mol. The summed E-state index contributed by atoms with van der Waals surface area (Å²) in [6.07, 6.45) is 4.80. The number of rotatable bonds is 6. The number of amides is 3. The zero-order valence-corrected chi connectivity index (χ0v) is 19.5. The van der Waals surface area contributed by atoms with E-state index >= 15 is 0 Å². The van der Waals surface area contributed by atoms with Gasteiger partial charge in [0.15, 0.2) is 5.82 Å². The van der Waals surface area contributed by atoms with Gasteiger partial charge in [0.05, 0.1) is 6.54 Å². The van der Waals surface area contributed by atoms with Crippen LogP contribution in [0.5, 0.6) is 0 Å². The molecule has 0 aliphatic carbocycles. The van der Waals surface area contributed by atoms with Gasteiger partial charge in [0.25, 0.3) is 0 Å². The second-order valence-electron chi connectivity index (χ2n) is 8.82. The maximum atomic E-state index is 13.0. The SMILES string of the molecule is Cc1cc(NC(=O)CN2CCN(C(=O)C3CCN(C(=O)/C=C/c4ccccc4)CC3)CC2)no1. The van der Waals surface area contributed by atoms with Crippen LogP contribution in [0.1, 0.15) is 24.2 Å². The van der Waals surface area contributed by atoms with Crippen molar-refractivity contribution in [1.29, 1.82) is 0 Å². The zero-order valence-electron chi connectivity index (χ0n) is 19.5. The topological polar surface area (TPSA) is 99.0 Å². The van der Waals surface area contributed by atoms with Gasteiger partial charge in [-0.05, 0) is 31.4 Å². The number of likely N-dealkylation sites (tertiary alicyclic amines) is 1. The quantitative estimate of drug-likeness (QED) is 0.656. The van der Waals surface area contributed by atoms with Gasteiger partial charge in [-0.1, -0.05) is 35.5 Å². The van der Waals surface area contributed by atoms with Crippen molar-refractivity contribution in [3.8, 4) is 0 Å². The van der Waals surface area contributed by atoms with Crippen molar-refractivity contribution in [1.82, 2.24) is 19.9 Å². The molecule has 1 aromatic heterocycles. The van der Waals surface area contributed by atoms with Gasteiger partial charge < -0.3 is 19.6 Å². The Labute approximate surface area is 199 Å². The van der Waals surface area contributed by atoms with Gasteiger partial charge in [0.1, 0.15) is 5.76 Å². The fourth-order valence-corrected chi connectivity index (χ4v) is 4.38. The van der Waals surface area contributed by atoms with Crippen LogP contribution in [0.25, 0.3) is 6.08 Å². The first kappa shape index (κ1) is 23.7. The third-order valence-electron chi connectivity index (χ3n) is 6.32. The lowest BCUT2D eigenvalue weighted by atomic mass is 9.95. The van der Waals surface area contributed by atoms with Crippen molar-refractivity contribution in [3.05, 3.63) is 53.8 Å². The molecule has 0 spiro atoms. The lowest BCUT2D eigenvalue weighted by Crippen LogP contribution is -2.53. The number of anilines is 1. The molecular formula is C25H31N5O4. The van der Waals surface area contributed by atoms with Crippen molar-refractivity contribution in [2.45, 2.75) is 19.8 Å². The molecule has 34 heavy (non-hydrogen) atoms. The number of piperidine rings is 1. The van der Waals surface area contributed by atoms with Crippen molar-refractivity contribution < 1.29 is 18.9 Å². The molecule has 1 N–H and O–H groups in total. The second kappa shape index (κ2) is 11.1. The molecule has 0 unspecified atom stereocenters. The molecule has 2 fully saturated rings. The minimum absolute atomic E-state index is 0.0116. The molecule has 0 atom stereocenters. The highest BCUT2D eigenvalue weighted by Crippen LogP contribution is 2.21. The van der Waals surface area contributed by atoms with Crippen LogP contribution in [0.15, 0.2) is 47.0 Å². The molecule has 2 aromatic rings. The summed E-state index contributed by atoms with van der Waals surface area (Å²) in [6, 6.07) is 11.4. The number of benzene rings is 1. The number of nitrogens with one attached hydrogen (secondary N) is 1. The third kappa shape index (κ3) is 6.32. The lowest BCUT2D eigenvalue weighted by molar-refractivity contribution is -0.141. The number of aryl methyl sites for hydroxylation is 1. The molecule has 9 heteroatoms. The Balaban J connectivity index is 1.17. The van der Waals surface area contributed by atoms with Gasteiger partial charge in [0.2, 0.25) is 17.7 Å². The Hall–Kier alpha value is -3.46. The average Bonchev–Trinajstić information content (AvgIpc) is 3.27. The van der Waals surface area contributed by atoms with E-state index in [1.807, 2.05) is 51.1 Å². The monoisotopic (exact) mass is 465 g/mol. The van der Waals surface area contributed by atoms with E-state index in [0.29, 0.717) is 63.7 Å². The molecule has 0 radical (unpaired) electrons. The molecule has 1 aromatic carbocycles. The van der Waals surface area contributed by atoms with E-state index in [0.717, 1.165) is 5.56 Å². The van der Waals surface area contributed by atoms with Crippen LogP contribution < -0.4 is 5.32 Å². The number of piperazine rings is 1. The van der Waals surface area contributed by atoms with Crippen LogP contribution in [0.3, 0.4) is 0 Å². The highest BCUT2D eigenvalue weighted by molar-refractivity contribution is 5.92. The highest BCUT2D eigenvalue weighted by atomic mass is 16.5. The molecule has 2 aliphatic rings. The molecule has 3 heterocycles. The summed E-state index contributed by atoms with van der Waals surface area (Å²) in [5, 5.41) is 6.49. The van der Waals surface area contributed by atoms with E-state index in [9.17, 15) is 14.4 Å². The maximum Gasteiger partial charge on any atom is 0.246 e. The van der Waals surface area contributed by atoms with Crippen LogP contribution in [0.4, 0.5) is 5.82 Å². The van der Waals surface area contributed by atoms with Gasteiger partial charge in [-0.3, -0.25) is 19.3 Å². The summed E-state index contributed by atoms with van der Waals surface area (Å²) in [5.41, 5.74) is 0.991. The van der Waals surface area contributed by atoms with E-state index in [1.165, 1.54) is 0 Å². The molecule has 9 nitrogen and oxygen atoms in total. The van der Waals surface area contributed by atoms with Gasteiger partial charge in [-0.25, -0.2) is 0 Å². The Morgan fingerprint density at radius 1 is 1.03 bits per heavy atom. The molecule has 0 bridgehead atoms. The molecule has 2 aliphatic heterocycles. The second-order valence-corrected chi connectivity index (χ2v) is 8.82. The van der Waals surface area contributed by atoms with Crippen molar-refractivity contribution in [3.63, 3.8) is 0 Å². The van der Waals surface area contributed by atoms with E-state index in [2.05, 4.69) is 10.5 Å². The third-order valence-corrected chi connectivity index (χ3v) is 6.32. The van der Waals surface area contributed by atoms with E-state index in [1.54, 1.807) is 19.1 Å². The summed E-state index contributed by atoms with van der Waals surface area (Å²) >= 11 is 0. The van der Waals surface area contributed by atoms with Crippen LogP contribution in [0.2, 0.25) is 0 Å². The summed E-state index contributed by atoms with van der Waals surface area (Å²) in [4.78, 5) is 43.5. The largest absolute Gasteiger partial charge is 0.360 e. The Morgan fingerprint density at radius 3 is 2.38 bits per heavy atom. The fraction of sp³-hybridized carbons (Fsp3) is 0.440. The lowest BCUT2D eigenvalue weighted by Gasteiger charge is -2.38. The molecule has 3 amide bonds. The van der Waals surface area contributed by atoms with Gasteiger partial charge in [-0.2, -0.15) is 0 Å². The number of hydrogen-bond acceptors (Lipinski definition) is 6. The zero-order chi connectivity index (χ0) is 23.9. The number of nitrogens with zero attached hydrogens (tertiary/aromatic N) is 4. The first-order valence-electron chi connectivity index (χ1n) is 11.7. The predicted octanol–water partition coefficient (Wildman–Crippen LogP) is 2.02. The summed E-state index contributed by atoms with van der Waals surface area (Å²) in [5.74, 6) is 1.01. The van der Waals surface area contributed by atoms with Gasteiger partial charge in [0, 0.05) is 57.3 Å². The smallest absolute Gasteiger partial charge is 0.246 e. The van der Waals surface area contributed by atoms with Crippen LogP contribution in [-0.2, 0) is 14.4 Å².